The normalized spacial score (nSPS) is 20.2. The molecule has 7 heteroatoms. The number of carbonyl (C=O) groups is 3. The van der Waals surface area contributed by atoms with Crippen molar-refractivity contribution in [2.45, 2.75) is 6.92 Å². The average molecular weight is 372 g/mol. The molecule has 0 bridgehead atoms. The minimum Gasteiger partial charge on any atom is -0.378 e. The van der Waals surface area contributed by atoms with Crippen molar-refractivity contribution in [1.29, 1.82) is 0 Å². The molecule has 3 amide bonds. The van der Waals surface area contributed by atoms with Gasteiger partial charge in [0.1, 0.15) is 6.54 Å². The molecule has 2 fully saturated rings. The Kier molecular flexibility index (Phi) is 5.90. The summed E-state index contributed by atoms with van der Waals surface area (Å²) in [5.41, 5.74) is 1.88. The van der Waals surface area contributed by atoms with Gasteiger partial charge in [-0.2, -0.15) is 0 Å². The van der Waals surface area contributed by atoms with E-state index in [1.807, 2.05) is 43.3 Å². The van der Waals surface area contributed by atoms with Crippen molar-refractivity contribution >= 4 is 34.9 Å². The highest BCUT2D eigenvalue weighted by Crippen LogP contribution is 2.31. The Hall–Kier alpha value is -2.38. The molecule has 3 rings (SSSR count). The van der Waals surface area contributed by atoms with Crippen LogP contribution in [0.3, 0.4) is 0 Å². The first-order chi connectivity index (χ1) is 12.5. The lowest BCUT2D eigenvalue weighted by atomic mass is 10.1. The Labute approximate surface area is 156 Å². The number of benzene rings is 1. The SMILES string of the molecule is CC(=C\c1ccccc1)/C=C1/SC(=O)N(CC(=O)N2CCOCC2)C1=O. The number of ether oxygens (including phenoxy) is 1. The minimum absolute atomic E-state index is 0.219. The highest BCUT2D eigenvalue weighted by molar-refractivity contribution is 8.18. The van der Waals surface area contributed by atoms with E-state index in [0.717, 1.165) is 27.8 Å². The Balaban J connectivity index is 1.68. The van der Waals surface area contributed by atoms with Gasteiger partial charge in [-0.05, 0) is 35.9 Å². The molecule has 0 saturated carbocycles. The van der Waals surface area contributed by atoms with E-state index >= 15 is 0 Å². The summed E-state index contributed by atoms with van der Waals surface area (Å²) in [6.07, 6.45) is 3.63. The second-order valence-corrected chi connectivity index (χ2v) is 7.05. The van der Waals surface area contributed by atoms with Crippen LogP contribution in [0.4, 0.5) is 4.79 Å². The number of rotatable bonds is 4. The molecule has 2 saturated heterocycles. The van der Waals surface area contributed by atoms with E-state index < -0.39 is 11.1 Å². The Morgan fingerprint density at radius 2 is 1.88 bits per heavy atom. The molecule has 1 aromatic carbocycles. The zero-order valence-electron chi connectivity index (χ0n) is 14.5. The number of nitrogens with zero attached hydrogens (tertiary/aromatic N) is 2. The second kappa shape index (κ2) is 8.33. The smallest absolute Gasteiger partial charge is 0.294 e. The summed E-state index contributed by atoms with van der Waals surface area (Å²) in [5, 5.41) is -0.407. The molecule has 2 aliphatic rings. The molecule has 136 valence electrons. The first-order valence-electron chi connectivity index (χ1n) is 8.39. The molecule has 26 heavy (non-hydrogen) atoms. The molecule has 0 aromatic heterocycles. The quantitative estimate of drug-likeness (QED) is 0.760. The van der Waals surface area contributed by atoms with E-state index in [2.05, 4.69) is 0 Å². The molecule has 2 heterocycles. The maximum Gasteiger partial charge on any atom is 0.294 e. The zero-order valence-corrected chi connectivity index (χ0v) is 15.3. The van der Waals surface area contributed by atoms with E-state index in [4.69, 9.17) is 4.74 Å². The monoisotopic (exact) mass is 372 g/mol. The van der Waals surface area contributed by atoms with E-state index in [1.54, 1.807) is 11.0 Å². The Bertz CT molecular complexity index is 767. The molecular weight excluding hydrogens is 352 g/mol. The molecule has 0 unspecified atom stereocenters. The third-order valence-corrected chi connectivity index (χ3v) is 4.99. The van der Waals surface area contributed by atoms with Gasteiger partial charge < -0.3 is 9.64 Å². The lowest BCUT2D eigenvalue weighted by molar-refractivity contribution is -0.139. The van der Waals surface area contributed by atoms with Gasteiger partial charge in [-0.15, -0.1) is 0 Å². The number of hydrogen-bond donors (Lipinski definition) is 0. The fourth-order valence-electron chi connectivity index (χ4n) is 2.74. The van der Waals surface area contributed by atoms with Gasteiger partial charge in [0.05, 0.1) is 18.1 Å². The topological polar surface area (TPSA) is 66.9 Å². The number of carbonyl (C=O) groups excluding carboxylic acids is 3. The largest absolute Gasteiger partial charge is 0.378 e. The average Bonchev–Trinajstić information content (AvgIpc) is 2.90. The summed E-state index contributed by atoms with van der Waals surface area (Å²) < 4.78 is 5.21. The van der Waals surface area contributed by atoms with Gasteiger partial charge in [0.2, 0.25) is 5.91 Å². The predicted octanol–water partition coefficient (Wildman–Crippen LogP) is 2.53. The van der Waals surface area contributed by atoms with Gasteiger partial charge in [-0.1, -0.05) is 36.4 Å². The third kappa shape index (κ3) is 4.42. The maximum atomic E-state index is 12.5. The summed E-state index contributed by atoms with van der Waals surface area (Å²) in [5.74, 6) is -0.643. The molecule has 2 aliphatic heterocycles. The van der Waals surface area contributed by atoms with Crippen LogP contribution in [-0.2, 0) is 14.3 Å². The van der Waals surface area contributed by atoms with Gasteiger partial charge in [-0.3, -0.25) is 19.3 Å². The van der Waals surface area contributed by atoms with Gasteiger partial charge in [0, 0.05) is 13.1 Å². The van der Waals surface area contributed by atoms with Gasteiger partial charge >= 0.3 is 0 Å². The van der Waals surface area contributed by atoms with Crippen molar-refractivity contribution in [3.8, 4) is 0 Å². The number of amides is 3. The van der Waals surface area contributed by atoms with Crippen molar-refractivity contribution in [3.63, 3.8) is 0 Å². The molecular formula is C19H20N2O4S. The first kappa shape index (κ1) is 18.4. The fourth-order valence-corrected chi connectivity index (χ4v) is 3.63. The van der Waals surface area contributed by atoms with Crippen LogP contribution in [0, 0.1) is 0 Å². The number of allylic oxidation sites excluding steroid dienone is 2. The second-order valence-electron chi connectivity index (χ2n) is 6.06. The molecule has 6 nitrogen and oxygen atoms in total. The van der Waals surface area contributed by atoms with E-state index in [9.17, 15) is 14.4 Å². The Morgan fingerprint density at radius 1 is 1.19 bits per heavy atom. The third-order valence-electron chi connectivity index (χ3n) is 4.08. The van der Waals surface area contributed by atoms with Crippen LogP contribution in [0.5, 0.6) is 0 Å². The van der Waals surface area contributed by atoms with Crippen LogP contribution in [0.25, 0.3) is 6.08 Å². The van der Waals surface area contributed by atoms with Crippen LogP contribution < -0.4 is 0 Å². The first-order valence-corrected chi connectivity index (χ1v) is 9.20. The standard InChI is InChI=1S/C19H20N2O4S/c1-14(11-15-5-3-2-4-6-15)12-16-18(23)21(19(24)26-16)13-17(22)20-7-9-25-10-8-20/h2-6,11-12H,7-10,13H2,1H3/b14-11+,16-12+. The molecule has 0 aliphatic carbocycles. The molecule has 0 radical (unpaired) electrons. The van der Waals surface area contributed by atoms with E-state index in [0.29, 0.717) is 31.2 Å². The van der Waals surface area contributed by atoms with Crippen molar-refractivity contribution in [2.24, 2.45) is 0 Å². The number of thioether (sulfide) groups is 1. The van der Waals surface area contributed by atoms with E-state index in [1.165, 1.54) is 0 Å². The van der Waals surface area contributed by atoms with Crippen molar-refractivity contribution in [1.82, 2.24) is 9.80 Å². The molecule has 0 spiro atoms. The zero-order chi connectivity index (χ0) is 18.5. The highest BCUT2D eigenvalue weighted by atomic mass is 32.2. The fraction of sp³-hybridized carbons (Fsp3) is 0.316. The summed E-state index contributed by atoms with van der Waals surface area (Å²) >= 11 is 0.872. The lowest BCUT2D eigenvalue weighted by Crippen LogP contribution is -2.46. The minimum atomic E-state index is -0.414. The van der Waals surface area contributed by atoms with Gasteiger partial charge in [0.15, 0.2) is 0 Å². The van der Waals surface area contributed by atoms with Crippen molar-refractivity contribution in [2.75, 3.05) is 32.8 Å². The summed E-state index contributed by atoms with van der Waals surface area (Å²) in [6.45, 7) is 3.60. The maximum absolute atomic E-state index is 12.5. The summed E-state index contributed by atoms with van der Waals surface area (Å²) in [6, 6.07) is 9.73. The van der Waals surface area contributed by atoms with Gasteiger partial charge in [-0.25, -0.2) is 0 Å². The number of hydrogen-bond acceptors (Lipinski definition) is 5. The molecule has 0 atom stereocenters. The summed E-state index contributed by atoms with van der Waals surface area (Å²) in [4.78, 5) is 40.0. The van der Waals surface area contributed by atoms with Crippen LogP contribution in [0.15, 0.2) is 46.9 Å². The molecule has 0 N–H and O–H groups in total. The Morgan fingerprint density at radius 3 is 2.58 bits per heavy atom. The predicted molar refractivity (Wildman–Crippen MR) is 100 cm³/mol. The van der Waals surface area contributed by atoms with Crippen molar-refractivity contribution < 1.29 is 19.1 Å². The van der Waals surface area contributed by atoms with Crippen molar-refractivity contribution in [3.05, 3.63) is 52.4 Å². The van der Waals surface area contributed by atoms with Crippen LogP contribution in [-0.4, -0.2) is 59.7 Å². The van der Waals surface area contributed by atoms with Crippen LogP contribution >= 0.6 is 11.8 Å². The highest BCUT2D eigenvalue weighted by Gasteiger charge is 2.37. The summed E-state index contributed by atoms with van der Waals surface area (Å²) in [7, 11) is 0. The van der Waals surface area contributed by atoms with E-state index in [-0.39, 0.29) is 12.5 Å². The van der Waals surface area contributed by atoms with Gasteiger partial charge in [0.25, 0.3) is 11.1 Å². The van der Waals surface area contributed by atoms with Crippen LogP contribution in [0.2, 0.25) is 0 Å². The number of morpholine rings is 1. The van der Waals surface area contributed by atoms with Crippen LogP contribution in [0.1, 0.15) is 12.5 Å². The number of imide groups is 1. The molecule has 1 aromatic rings. The lowest BCUT2D eigenvalue weighted by Gasteiger charge is -2.28.